The van der Waals surface area contributed by atoms with Crippen LogP contribution in [0.25, 0.3) is 11.0 Å². The first-order valence-electron chi connectivity index (χ1n) is 10.3. The smallest absolute Gasteiger partial charge is 0.350 e. The molecule has 0 saturated carbocycles. The molecule has 0 aliphatic carbocycles. The Labute approximate surface area is 202 Å². The first-order chi connectivity index (χ1) is 16.4. The van der Waals surface area contributed by atoms with Crippen LogP contribution in [-0.2, 0) is 14.0 Å². The van der Waals surface area contributed by atoms with Crippen molar-refractivity contribution in [2.24, 2.45) is 0 Å². The summed E-state index contributed by atoms with van der Waals surface area (Å²) < 4.78 is 49.9. The summed E-state index contributed by atoms with van der Waals surface area (Å²) in [6, 6.07) is 4.64. The molecule has 1 saturated heterocycles. The molecule has 0 unspecified atom stereocenters. The van der Waals surface area contributed by atoms with E-state index in [-0.39, 0.29) is 23.4 Å². The summed E-state index contributed by atoms with van der Waals surface area (Å²) in [5.41, 5.74) is 0.708. The lowest BCUT2D eigenvalue weighted by atomic mass is 10.1. The molecule has 1 aliphatic heterocycles. The van der Waals surface area contributed by atoms with Gasteiger partial charge in [0.25, 0.3) is 0 Å². The van der Waals surface area contributed by atoms with Crippen LogP contribution in [0.5, 0.6) is 0 Å². The van der Waals surface area contributed by atoms with Crippen molar-refractivity contribution in [1.82, 2.24) is 14.5 Å². The molecule has 35 heavy (non-hydrogen) atoms. The molecule has 0 radical (unpaired) electrons. The molecule has 3 aromatic rings. The zero-order valence-electron chi connectivity index (χ0n) is 18.1. The van der Waals surface area contributed by atoms with Gasteiger partial charge in [0.05, 0.1) is 18.0 Å². The number of benzene rings is 1. The quantitative estimate of drug-likeness (QED) is 0.214. The maximum Gasteiger partial charge on any atom is 0.350 e. The Morgan fingerprint density at radius 3 is 2.66 bits per heavy atom. The zero-order chi connectivity index (χ0) is 25.5. The second-order valence-electron chi connectivity index (χ2n) is 8.05. The number of anilines is 1. The molecular weight excluding hydrogens is 513 g/mol. The maximum atomic E-state index is 13.6. The van der Waals surface area contributed by atoms with E-state index < -0.39 is 56.2 Å². The monoisotopic (exact) mass is 534 g/mol. The van der Waals surface area contributed by atoms with Crippen molar-refractivity contribution in [2.45, 2.75) is 37.5 Å². The van der Waals surface area contributed by atoms with E-state index in [1.165, 1.54) is 16.8 Å². The number of aromatic nitrogens is 3. The van der Waals surface area contributed by atoms with Gasteiger partial charge in [0, 0.05) is 6.20 Å². The minimum Gasteiger partial charge on any atom is -0.387 e. The fraction of sp³-hybridized carbons (Fsp3) is 0.400. The van der Waals surface area contributed by atoms with Crippen LogP contribution in [0, 0.1) is 11.6 Å². The summed E-state index contributed by atoms with van der Waals surface area (Å²) in [7, 11) is -4.41. The van der Waals surface area contributed by atoms with Crippen molar-refractivity contribution < 1.29 is 42.8 Å². The van der Waals surface area contributed by atoms with Crippen LogP contribution in [0.2, 0.25) is 5.28 Å². The van der Waals surface area contributed by atoms with E-state index in [0.29, 0.717) is 10.9 Å². The molecule has 3 heterocycles. The van der Waals surface area contributed by atoms with Crippen LogP contribution in [0.1, 0.15) is 24.8 Å². The normalized spacial score (nSPS) is 23.7. The van der Waals surface area contributed by atoms with Crippen molar-refractivity contribution in [3.05, 3.63) is 52.9 Å². The molecular formula is C20H22ClF2N4O7P. The number of rotatable bonds is 8. The van der Waals surface area contributed by atoms with Gasteiger partial charge >= 0.3 is 7.60 Å². The summed E-state index contributed by atoms with van der Waals surface area (Å²) in [5.74, 6) is -1.67. The first kappa shape index (κ1) is 25.9. The number of nitrogens with zero attached hydrogens (tertiary/aromatic N) is 3. The van der Waals surface area contributed by atoms with E-state index in [1.54, 1.807) is 13.0 Å². The van der Waals surface area contributed by atoms with E-state index in [9.17, 15) is 23.6 Å². The third-order valence-electron chi connectivity index (χ3n) is 5.49. The lowest BCUT2D eigenvalue weighted by molar-refractivity contribution is -0.0610. The van der Waals surface area contributed by atoms with Crippen LogP contribution in [-0.4, -0.2) is 65.8 Å². The van der Waals surface area contributed by atoms with Gasteiger partial charge in [-0.05, 0) is 42.3 Å². The third kappa shape index (κ3) is 5.63. The maximum absolute atomic E-state index is 13.6. The van der Waals surface area contributed by atoms with Crippen LogP contribution in [0.4, 0.5) is 14.6 Å². The molecule has 1 fully saturated rings. The average Bonchev–Trinajstić information content (AvgIpc) is 3.31. The number of fused-ring (bicyclic) bond motifs is 1. The molecule has 15 heteroatoms. The van der Waals surface area contributed by atoms with Crippen LogP contribution < -0.4 is 5.32 Å². The Kier molecular flexibility index (Phi) is 7.41. The van der Waals surface area contributed by atoms with E-state index in [1.807, 2.05) is 0 Å². The van der Waals surface area contributed by atoms with Gasteiger partial charge in [-0.25, -0.2) is 13.8 Å². The molecule has 0 spiro atoms. The van der Waals surface area contributed by atoms with Crippen molar-refractivity contribution in [1.29, 1.82) is 0 Å². The van der Waals surface area contributed by atoms with Gasteiger partial charge in [0.1, 0.15) is 36.1 Å². The summed E-state index contributed by atoms with van der Waals surface area (Å²) in [5, 5.41) is 24.3. The van der Waals surface area contributed by atoms with Crippen molar-refractivity contribution in [3.8, 4) is 0 Å². The largest absolute Gasteiger partial charge is 0.387 e. The number of ether oxygens (including phenoxy) is 2. The number of hydrogen-bond acceptors (Lipinski definition) is 8. The molecule has 0 bridgehead atoms. The minimum atomic E-state index is -4.41. The number of aliphatic hydroxyl groups is 2. The Hall–Kier alpha value is -2.22. The lowest BCUT2D eigenvalue weighted by Gasteiger charge is -2.19. The van der Waals surface area contributed by atoms with E-state index in [4.69, 9.17) is 30.9 Å². The topological polar surface area (TPSA) is 159 Å². The summed E-state index contributed by atoms with van der Waals surface area (Å²) in [4.78, 5) is 26.2. The van der Waals surface area contributed by atoms with Gasteiger partial charge in [0.15, 0.2) is 17.9 Å². The summed E-state index contributed by atoms with van der Waals surface area (Å²) in [6.07, 6.45) is -4.34. The van der Waals surface area contributed by atoms with Gasteiger partial charge in [-0.3, -0.25) is 4.57 Å². The number of halogens is 3. The first-order valence-corrected chi connectivity index (χ1v) is 12.5. The number of aliphatic hydroxyl groups excluding tert-OH is 2. The Morgan fingerprint density at radius 2 is 1.97 bits per heavy atom. The fourth-order valence-electron chi connectivity index (χ4n) is 3.78. The molecule has 11 nitrogen and oxygen atoms in total. The van der Waals surface area contributed by atoms with Crippen molar-refractivity contribution in [2.75, 3.05) is 18.3 Å². The molecule has 1 aromatic carbocycles. The fourth-order valence-corrected chi connectivity index (χ4v) is 4.28. The van der Waals surface area contributed by atoms with E-state index >= 15 is 0 Å². The van der Waals surface area contributed by atoms with Crippen LogP contribution in [0.3, 0.4) is 0 Å². The molecule has 2 aromatic heterocycles. The molecule has 0 amide bonds. The number of nitrogens with one attached hydrogen (secondary N) is 1. The van der Waals surface area contributed by atoms with Gasteiger partial charge < -0.3 is 39.4 Å². The highest BCUT2D eigenvalue weighted by Crippen LogP contribution is 2.37. The Bertz CT molecular complexity index is 1280. The predicted octanol–water partition coefficient (Wildman–Crippen LogP) is 2.31. The predicted molar refractivity (Wildman–Crippen MR) is 120 cm³/mol. The van der Waals surface area contributed by atoms with E-state index in [0.717, 1.165) is 12.1 Å². The molecule has 5 atom stereocenters. The van der Waals surface area contributed by atoms with Gasteiger partial charge in [-0.15, -0.1) is 0 Å². The highest BCUT2D eigenvalue weighted by atomic mass is 35.5. The second kappa shape index (κ2) is 10.0. The zero-order valence-corrected chi connectivity index (χ0v) is 19.8. The van der Waals surface area contributed by atoms with Gasteiger partial charge in [0.2, 0.25) is 5.28 Å². The van der Waals surface area contributed by atoms with Gasteiger partial charge in [-0.2, -0.15) is 4.98 Å². The van der Waals surface area contributed by atoms with E-state index in [2.05, 4.69) is 15.3 Å². The Balaban J connectivity index is 1.57. The minimum absolute atomic E-state index is 0.146. The van der Waals surface area contributed by atoms with Crippen LogP contribution in [0.15, 0.2) is 30.5 Å². The molecule has 5 N–H and O–H groups in total. The second-order valence-corrected chi connectivity index (χ2v) is 9.98. The van der Waals surface area contributed by atoms with Crippen LogP contribution >= 0.6 is 19.2 Å². The van der Waals surface area contributed by atoms with Gasteiger partial charge in [-0.1, -0.05) is 6.07 Å². The average molecular weight is 535 g/mol. The highest BCUT2D eigenvalue weighted by molar-refractivity contribution is 7.51. The standard InChI is InChI=1S/C20H22ClF2N4O7P/c1-9(10-2-3-12(22)13(23)6-10)24-17-11-4-5-27(18(11)26-20(21)25-17)19-16(29)15(28)14(34-19)7-33-8-35(30,31)32/h2-6,9,14-16,19,28-29H,7-8H2,1H3,(H,24,25,26)(H2,30,31,32)/t9-,14+,15+,16+,19+/m0/s1. The SMILES string of the molecule is C[C@H](Nc1nc(Cl)nc2c1ccn2[C@@H]1O[C@H](COCP(=O)(O)O)[C@@H](O)[C@H]1O)c1ccc(F)c(F)c1. The lowest BCUT2D eigenvalue weighted by Crippen LogP contribution is -2.33. The van der Waals surface area contributed by atoms with Crippen molar-refractivity contribution in [3.63, 3.8) is 0 Å². The summed E-state index contributed by atoms with van der Waals surface area (Å²) >= 11 is 6.11. The Morgan fingerprint density at radius 1 is 1.23 bits per heavy atom. The van der Waals surface area contributed by atoms with Crippen molar-refractivity contribution >= 4 is 36.0 Å². The summed E-state index contributed by atoms with van der Waals surface area (Å²) in [6.45, 7) is 1.35. The number of hydrogen-bond donors (Lipinski definition) is 5. The third-order valence-corrected chi connectivity index (χ3v) is 6.18. The molecule has 4 rings (SSSR count). The molecule has 1 aliphatic rings. The molecule has 190 valence electrons. The highest BCUT2D eigenvalue weighted by Gasteiger charge is 2.44.